The molecule has 0 aliphatic rings. The molecule has 2 aromatic rings. The average Bonchev–Trinajstić information content (AvgIpc) is 2.44. The SMILES string of the molecule is CCNc1ccc(C(=O)Nc2cc(F)ccc2C)cn1. The van der Waals surface area contributed by atoms with Crippen LogP contribution in [0.25, 0.3) is 0 Å². The van der Waals surface area contributed by atoms with Crippen molar-refractivity contribution in [3.63, 3.8) is 0 Å². The van der Waals surface area contributed by atoms with Crippen molar-refractivity contribution in [2.24, 2.45) is 0 Å². The maximum Gasteiger partial charge on any atom is 0.257 e. The number of hydrogen-bond donors (Lipinski definition) is 2. The third-order valence-electron chi connectivity index (χ3n) is 2.83. The number of carbonyl (C=O) groups is 1. The lowest BCUT2D eigenvalue weighted by Gasteiger charge is -2.09. The number of rotatable bonds is 4. The smallest absolute Gasteiger partial charge is 0.257 e. The van der Waals surface area contributed by atoms with Gasteiger partial charge in [-0.05, 0) is 43.7 Å². The van der Waals surface area contributed by atoms with Gasteiger partial charge in [0, 0.05) is 18.4 Å². The first-order chi connectivity index (χ1) is 9.60. The molecule has 1 aromatic heterocycles. The van der Waals surface area contributed by atoms with Gasteiger partial charge in [-0.25, -0.2) is 9.37 Å². The largest absolute Gasteiger partial charge is 0.370 e. The van der Waals surface area contributed by atoms with Crippen molar-refractivity contribution < 1.29 is 9.18 Å². The van der Waals surface area contributed by atoms with Gasteiger partial charge in [-0.1, -0.05) is 6.07 Å². The van der Waals surface area contributed by atoms with Crippen LogP contribution in [0.3, 0.4) is 0 Å². The Bertz CT molecular complexity index is 611. The van der Waals surface area contributed by atoms with E-state index < -0.39 is 0 Å². The molecule has 5 heteroatoms. The number of anilines is 2. The summed E-state index contributed by atoms with van der Waals surface area (Å²) in [5.41, 5.74) is 1.69. The van der Waals surface area contributed by atoms with Crippen molar-refractivity contribution in [3.8, 4) is 0 Å². The summed E-state index contributed by atoms with van der Waals surface area (Å²) in [7, 11) is 0. The Labute approximate surface area is 117 Å². The van der Waals surface area contributed by atoms with Crippen LogP contribution in [-0.2, 0) is 0 Å². The van der Waals surface area contributed by atoms with Gasteiger partial charge in [0.15, 0.2) is 0 Å². The number of carbonyl (C=O) groups excluding carboxylic acids is 1. The lowest BCUT2D eigenvalue weighted by atomic mass is 10.2. The molecule has 0 unspecified atom stereocenters. The number of halogens is 1. The predicted octanol–water partition coefficient (Wildman–Crippen LogP) is 3.21. The number of aromatic nitrogens is 1. The topological polar surface area (TPSA) is 54.0 Å². The highest BCUT2D eigenvalue weighted by Crippen LogP contribution is 2.17. The summed E-state index contributed by atoms with van der Waals surface area (Å²) in [4.78, 5) is 16.2. The Hall–Kier alpha value is -2.43. The number of pyridine rings is 1. The highest BCUT2D eigenvalue weighted by atomic mass is 19.1. The summed E-state index contributed by atoms with van der Waals surface area (Å²) in [6.45, 7) is 4.54. The van der Waals surface area contributed by atoms with Crippen molar-refractivity contribution in [1.29, 1.82) is 0 Å². The molecule has 0 spiro atoms. The zero-order chi connectivity index (χ0) is 14.5. The van der Waals surface area contributed by atoms with Crippen LogP contribution in [0, 0.1) is 12.7 Å². The Morgan fingerprint density at radius 3 is 2.75 bits per heavy atom. The zero-order valence-electron chi connectivity index (χ0n) is 11.4. The summed E-state index contributed by atoms with van der Waals surface area (Å²) < 4.78 is 13.2. The number of benzene rings is 1. The van der Waals surface area contributed by atoms with Crippen molar-refractivity contribution in [3.05, 3.63) is 53.5 Å². The molecule has 0 radical (unpaired) electrons. The van der Waals surface area contributed by atoms with Crippen LogP contribution in [0.5, 0.6) is 0 Å². The van der Waals surface area contributed by atoms with E-state index in [1.165, 1.54) is 18.3 Å². The van der Waals surface area contributed by atoms with Crippen molar-refractivity contribution in [2.45, 2.75) is 13.8 Å². The first kappa shape index (κ1) is 14.0. The summed E-state index contributed by atoms with van der Waals surface area (Å²) in [5, 5.41) is 5.73. The number of hydrogen-bond acceptors (Lipinski definition) is 3. The molecule has 0 aliphatic carbocycles. The third-order valence-corrected chi connectivity index (χ3v) is 2.83. The Morgan fingerprint density at radius 1 is 1.30 bits per heavy atom. The number of nitrogens with one attached hydrogen (secondary N) is 2. The van der Waals surface area contributed by atoms with Gasteiger partial charge in [-0.15, -0.1) is 0 Å². The second kappa shape index (κ2) is 6.14. The van der Waals surface area contributed by atoms with Crippen LogP contribution in [0.2, 0.25) is 0 Å². The predicted molar refractivity (Wildman–Crippen MR) is 77.5 cm³/mol. The highest BCUT2D eigenvalue weighted by Gasteiger charge is 2.09. The summed E-state index contributed by atoms with van der Waals surface area (Å²) in [5.74, 6) is 0.0201. The monoisotopic (exact) mass is 273 g/mol. The van der Waals surface area contributed by atoms with Gasteiger partial charge in [-0.3, -0.25) is 4.79 Å². The Morgan fingerprint density at radius 2 is 2.10 bits per heavy atom. The van der Waals surface area contributed by atoms with Crippen LogP contribution < -0.4 is 10.6 Å². The minimum atomic E-state index is -0.383. The molecule has 2 rings (SSSR count). The normalized spacial score (nSPS) is 10.2. The van der Waals surface area contributed by atoms with E-state index in [4.69, 9.17) is 0 Å². The molecule has 0 bridgehead atoms. The molecule has 1 heterocycles. The molecular formula is C15H16FN3O. The van der Waals surface area contributed by atoms with E-state index >= 15 is 0 Å². The van der Waals surface area contributed by atoms with Gasteiger partial charge in [0.05, 0.1) is 5.56 Å². The van der Waals surface area contributed by atoms with Crippen molar-refractivity contribution >= 4 is 17.4 Å². The average molecular weight is 273 g/mol. The zero-order valence-corrected chi connectivity index (χ0v) is 11.4. The highest BCUT2D eigenvalue weighted by molar-refractivity contribution is 6.04. The first-order valence-electron chi connectivity index (χ1n) is 6.37. The van der Waals surface area contributed by atoms with Gasteiger partial charge >= 0.3 is 0 Å². The molecule has 2 N–H and O–H groups in total. The minimum Gasteiger partial charge on any atom is -0.370 e. The van der Waals surface area contributed by atoms with Gasteiger partial charge in [0.2, 0.25) is 0 Å². The molecule has 1 amide bonds. The van der Waals surface area contributed by atoms with Gasteiger partial charge in [0.1, 0.15) is 11.6 Å². The van der Waals surface area contributed by atoms with Crippen LogP contribution in [0.15, 0.2) is 36.5 Å². The number of aryl methyl sites for hydroxylation is 1. The van der Waals surface area contributed by atoms with Crippen molar-refractivity contribution in [1.82, 2.24) is 4.98 Å². The van der Waals surface area contributed by atoms with Gasteiger partial charge in [0.25, 0.3) is 5.91 Å². The molecule has 104 valence electrons. The Kier molecular flexibility index (Phi) is 4.30. The van der Waals surface area contributed by atoms with E-state index in [2.05, 4.69) is 15.6 Å². The fourth-order valence-electron chi connectivity index (χ4n) is 1.74. The van der Waals surface area contributed by atoms with Crippen LogP contribution in [-0.4, -0.2) is 17.4 Å². The fourth-order valence-corrected chi connectivity index (χ4v) is 1.74. The first-order valence-corrected chi connectivity index (χ1v) is 6.37. The molecule has 0 saturated carbocycles. The van der Waals surface area contributed by atoms with Crippen molar-refractivity contribution in [2.75, 3.05) is 17.2 Å². The van der Waals surface area contributed by atoms with Crippen LogP contribution in [0.4, 0.5) is 15.9 Å². The van der Waals surface area contributed by atoms with E-state index in [-0.39, 0.29) is 11.7 Å². The second-order valence-corrected chi connectivity index (χ2v) is 4.38. The van der Waals surface area contributed by atoms with Crippen LogP contribution >= 0.6 is 0 Å². The number of amides is 1. The summed E-state index contributed by atoms with van der Waals surface area (Å²) in [6, 6.07) is 7.69. The van der Waals surface area contributed by atoms with E-state index in [9.17, 15) is 9.18 Å². The van der Waals surface area contributed by atoms with E-state index in [0.717, 1.165) is 12.1 Å². The molecule has 0 atom stereocenters. The van der Waals surface area contributed by atoms with E-state index in [1.54, 1.807) is 18.2 Å². The summed E-state index contributed by atoms with van der Waals surface area (Å²) in [6.07, 6.45) is 1.49. The van der Waals surface area contributed by atoms with Gasteiger partial charge < -0.3 is 10.6 Å². The molecule has 0 saturated heterocycles. The third kappa shape index (κ3) is 3.32. The number of nitrogens with zero attached hydrogens (tertiary/aromatic N) is 1. The molecule has 0 fully saturated rings. The molecule has 4 nitrogen and oxygen atoms in total. The molecule has 20 heavy (non-hydrogen) atoms. The van der Waals surface area contributed by atoms with E-state index in [0.29, 0.717) is 17.1 Å². The van der Waals surface area contributed by atoms with Crippen LogP contribution in [0.1, 0.15) is 22.8 Å². The molecule has 0 aliphatic heterocycles. The molecule has 1 aromatic carbocycles. The van der Waals surface area contributed by atoms with Gasteiger partial charge in [-0.2, -0.15) is 0 Å². The molecular weight excluding hydrogens is 257 g/mol. The fraction of sp³-hybridized carbons (Fsp3) is 0.200. The Balaban J connectivity index is 2.13. The maximum absolute atomic E-state index is 13.2. The maximum atomic E-state index is 13.2. The quantitative estimate of drug-likeness (QED) is 0.899. The standard InChI is InChI=1S/C15H16FN3O/c1-3-17-14-7-5-11(9-18-14)15(20)19-13-8-12(16)6-4-10(13)2/h4-9H,3H2,1-2H3,(H,17,18)(H,19,20). The van der Waals surface area contributed by atoms with E-state index in [1.807, 2.05) is 13.8 Å². The summed E-state index contributed by atoms with van der Waals surface area (Å²) >= 11 is 0. The second-order valence-electron chi connectivity index (χ2n) is 4.38. The minimum absolute atomic E-state index is 0.311. The lowest BCUT2D eigenvalue weighted by molar-refractivity contribution is 0.102. The lowest BCUT2D eigenvalue weighted by Crippen LogP contribution is -2.13.